The average Bonchev–Trinajstić information content (AvgIpc) is 2.51. The number of hydrogen-bond acceptors (Lipinski definition) is 7. The molecule has 0 amide bonds. The fourth-order valence-corrected chi connectivity index (χ4v) is 2.13. The molecular weight excluding hydrogens is 270 g/mol. The third kappa shape index (κ3) is 4.71. The van der Waals surface area contributed by atoms with E-state index in [0.29, 0.717) is 32.0 Å². The Bertz CT molecular complexity index is 404. The molecule has 0 bridgehead atoms. The molecule has 0 aliphatic carbocycles. The van der Waals surface area contributed by atoms with Crippen LogP contribution in [0.2, 0.25) is 0 Å². The second-order valence-electron chi connectivity index (χ2n) is 4.58. The van der Waals surface area contributed by atoms with Crippen molar-refractivity contribution in [1.82, 2.24) is 9.97 Å². The number of aromatic nitrogens is 2. The summed E-state index contributed by atoms with van der Waals surface area (Å²) in [5.74, 6) is 1.52. The van der Waals surface area contributed by atoms with E-state index in [0.717, 1.165) is 24.7 Å². The van der Waals surface area contributed by atoms with E-state index in [4.69, 9.17) is 15.2 Å². The van der Waals surface area contributed by atoms with Gasteiger partial charge in [-0.15, -0.1) is 0 Å². The summed E-state index contributed by atoms with van der Waals surface area (Å²) >= 11 is 0. The Morgan fingerprint density at radius 1 is 0.952 bits per heavy atom. The van der Waals surface area contributed by atoms with Gasteiger partial charge in [0.1, 0.15) is 12.0 Å². The highest BCUT2D eigenvalue weighted by Crippen LogP contribution is 2.28. The van der Waals surface area contributed by atoms with Crippen molar-refractivity contribution in [2.75, 3.05) is 69.1 Å². The van der Waals surface area contributed by atoms with Gasteiger partial charge in [0.25, 0.3) is 0 Å². The maximum absolute atomic E-state index is 6.29. The first-order chi connectivity index (χ1) is 10.2. The zero-order valence-electron chi connectivity index (χ0n) is 13.5. The predicted molar refractivity (Wildman–Crippen MR) is 86.0 cm³/mol. The Labute approximate surface area is 127 Å². The van der Waals surface area contributed by atoms with E-state index in [-0.39, 0.29) is 0 Å². The summed E-state index contributed by atoms with van der Waals surface area (Å²) in [5, 5.41) is 0. The van der Waals surface area contributed by atoms with Gasteiger partial charge in [-0.2, -0.15) is 0 Å². The van der Waals surface area contributed by atoms with E-state index in [1.807, 2.05) is 0 Å². The summed E-state index contributed by atoms with van der Waals surface area (Å²) < 4.78 is 10.3. The van der Waals surface area contributed by atoms with E-state index >= 15 is 0 Å². The second kappa shape index (κ2) is 9.36. The second-order valence-corrected chi connectivity index (χ2v) is 4.58. The summed E-state index contributed by atoms with van der Waals surface area (Å²) in [6, 6.07) is 0. The van der Waals surface area contributed by atoms with Gasteiger partial charge in [-0.05, 0) is 13.8 Å². The fraction of sp³-hybridized carbons (Fsp3) is 0.714. The van der Waals surface area contributed by atoms with Crippen molar-refractivity contribution in [3.63, 3.8) is 0 Å². The van der Waals surface area contributed by atoms with Gasteiger partial charge in [0.2, 0.25) is 0 Å². The summed E-state index contributed by atoms with van der Waals surface area (Å²) in [6.07, 6.45) is 1.56. The zero-order valence-corrected chi connectivity index (χ0v) is 13.5. The van der Waals surface area contributed by atoms with Crippen LogP contribution in [0.15, 0.2) is 6.33 Å². The molecule has 0 radical (unpaired) electrons. The summed E-state index contributed by atoms with van der Waals surface area (Å²) in [4.78, 5) is 12.9. The van der Waals surface area contributed by atoms with E-state index in [1.54, 1.807) is 20.5 Å². The molecule has 1 aromatic rings. The summed E-state index contributed by atoms with van der Waals surface area (Å²) in [5.41, 5.74) is 6.89. The zero-order chi connectivity index (χ0) is 15.7. The molecule has 0 spiro atoms. The van der Waals surface area contributed by atoms with Crippen LogP contribution in [0.3, 0.4) is 0 Å². The Hall–Kier alpha value is -1.60. The maximum Gasteiger partial charge on any atom is 0.157 e. The van der Waals surface area contributed by atoms with Crippen LogP contribution in [0, 0.1) is 0 Å². The normalized spacial score (nSPS) is 10.7. The van der Waals surface area contributed by atoms with Crippen LogP contribution in [0.5, 0.6) is 0 Å². The molecule has 0 atom stereocenters. The molecule has 120 valence electrons. The third-order valence-electron chi connectivity index (χ3n) is 3.34. The minimum Gasteiger partial charge on any atom is -0.393 e. The largest absolute Gasteiger partial charge is 0.393 e. The van der Waals surface area contributed by atoms with Crippen molar-refractivity contribution in [3.8, 4) is 0 Å². The van der Waals surface area contributed by atoms with Crippen LogP contribution in [-0.2, 0) is 9.47 Å². The number of rotatable bonds is 10. The molecular formula is C14H27N5O2. The van der Waals surface area contributed by atoms with Crippen molar-refractivity contribution >= 4 is 17.3 Å². The smallest absolute Gasteiger partial charge is 0.157 e. The molecule has 0 aromatic carbocycles. The monoisotopic (exact) mass is 297 g/mol. The van der Waals surface area contributed by atoms with Crippen LogP contribution in [0.25, 0.3) is 0 Å². The van der Waals surface area contributed by atoms with Crippen molar-refractivity contribution < 1.29 is 9.47 Å². The number of anilines is 3. The number of methoxy groups -OCH3 is 2. The molecule has 0 aliphatic rings. The Balaban J connectivity index is 3.03. The van der Waals surface area contributed by atoms with Gasteiger partial charge in [-0.3, -0.25) is 0 Å². The molecule has 1 heterocycles. The maximum atomic E-state index is 6.29. The lowest BCUT2D eigenvalue weighted by Crippen LogP contribution is -2.33. The Morgan fingerprint density at radius 2 is 1.43 bits per heavy atom. The first kappa shape index (κ1) is 17.5. The highest BCUT2D eigenvalue weighted by Gasteiger charge is 2.17. The minimum atomic E-state index is 0.605. The van der Waals surface area contributed by atoms with Crippen LogP contribution in [0.1, 0.15) is 13.8 Å². The quantitative estimate of drug-likeness (QED) is 0.690. The molecule has 0 saturated carbocycles. The van der Waals surface area contributed by atoms with Crippen LogP contribution >= 0.6 is 0 Å². The van der Waals surface area contributed by atoms with Crippen LogP contribution in [-0.4, -0.2) is 63.6 Å². The molecule has 2 N–H and O–H groups in total. The van der Waals surface area contributed by atoms with Gasteiger partial charge in [-0.25, -0.2) is 9.97 Å². The third-order valence-corrected chi connectivity index (χ3v) is 3.34. The van der Waals surface area contributed by atoms with Gasteiger partial charge >= 0.3 is 0 Å². The topological polar surface area (TPSA) is 76.7 Å². The summed E-state index contributed by atoms with van der Waals surface area (Å²) in [7, 11) is 3.36. The summed E-state index contributed by atoms with van der Waals surface area (Å²) in [6.45, 7) is 8.50. The van der Waals surface area contributed by atoms with Crippen molar-refractivity contribution in [2.24, 2.45) is 0 Å². The van der Waals surface area contributed by atoms with Gasteiger partial charge in [-0.1, -0.05) is 0 Å². The number of nitrogen functional groups attached to an aromatic ring is 1. The lowest BCUT2D eigenvalue weighted by atomic mass is 10.3. The molecule has 1 rings (SSSR count). The number of nitrogens with zero attached hydrogens (tertiary/aromatic N) is 4. The van der Waals surface area contributed by atoms with E-state index < -0.39 is 0 Å². The highest BCUT2D eigenvalue weighted by molar-refractivity contribution is 5.75. The fourth-order valence-electron chi connectivity index (χ4n) is 2.13. The Kier molecular flexibility index (Phi) is 7.78. The molecule has 7 nitrogen and oxygen atoms in total. The first-order valence-electron chi connectivity index (χ1n) is 7.27. The molecule has 21 heavy (non-hydrogen) atoms. The lowest BCUT2D eigenvalue weighted by Gasteiger charge is -2.27. The highest BCUT2D eigenvalue weighted by atomic mass is 16.5. The van der Waals surface area contributed by atoms with Crippen molar-refractivity contribution in [1.29, 1.82) is 0 Å². The molecule has 1 aromatic heterocycles. The van der Waals surface area contributed by atoms with Crippen LogP contribution < -0.4 is 15.5 Å². The predicted octanol–water partition coefficient (Wildman–Crippen LogP) is 1.00. The van der Waals surface area contributed by atoms with E-state index in [2.05, 4.69) is 33.6 Å². The molecule has 0 fully saturated rings. The SMILES string of the molecule is CCN(CC)c1ncnc(N(CCOC)CCOC)c1N. The first-order valence-corrected chi connectivity index (χ1v) is 7.27. The van der Waals surface area contributed by atoms with Crippen molar-refractivity contribution in [2.45, 2.75) is 13.8 Å². The van der Waals surface area contributed by atoms with E-state index in [1.165, 1.54) is 0 Å². The average molecular weight is 297 g/mol. The van der Waals surface area contributed by atoms with Gasteiger partial charge in [0, 0.05) is 40.4 Å². The standard InChI is InChI=1S/C14H27N5O2/c1-5-18(6-2)13-12(15)14(17-11-16-13)19(7-9-20-3)8-10-21-4/h11H,5-10,15H2,1-4H3. The minimum absolute atomic E-state index is 0.605. The van der Waals surface area contributed by atoms with E-state index in [9.17, 15) is 0 Å². The van der Waals surface area contributed by atoms with Gasteiger partial charge in [0.15, 0.2) is 11.6 Å². The lowest BCUT2D eigenvalue weighted by molar-refractivity contribution is 0.190. The number of nitrogens with two attached hydrogens (primary N) is 1. The number of hydrogen-bond donors (Lipinski definition) is 1. The van der Waals surface area contributed by atoms with Gasteiger partial charge < -0.3 is 25.0 Å². The van der Waals surface area contributed by atoms with Gasteiger partial charge in [0.05, 0.1) is 13.2 Å². The van der Waals surface area contributed by atoms with Crippen molar-refractivity contribution in [3.05, 3.63) is 6.33 Å². The van der Waals surface area contributed by atoms with Crippen LogP contribution in [0.4, 0.5) is 17.3 Å². The molecule has 0 unspecified atom stereocenters. The molecule has 0 saturated heterocycles. The number of ether oxygens (including phenoxy) is 2. The molecule has 7 heteroatoms. The molecule has 0 aliphatic heterocycles. The Morgan fingerprint density at radius 3 is 1.86 bits per heavy atom.